The van der Waals surface area contributed by atoms with Crippen molar-refractivity contribution in [1.82, 2.24) is 24.4 Å². The van der Waals surface area contributed by atoms with E-state index in [0.29, 0.717) is 51.9 Å². The quantitative estimate of drug-likeness (QED) is 0.441. The van der Waals surface area contributed by atoms with Crippen LogP contribution in [0.3, 0.4) is 0 Å². The fourth-order valence-electron chi connectivity index (χ4n) is 3.26. The van der Waals surface area contributed by atoms with Crippen LogP contribution in [0, 0.1) is 0 Å². The average Bonchev–Trinajstić information content (AvgIpc) is 3.36. The number of halogens is 1. The van der Waals surface area contributed by atoms with Crippen LogP contribution in [0.25, 0.3) is 16.9 Å². The van der Waals surface area contributed by atoms with Gasteiger partial charge < -0.3 is 15.2 Å². The fourth-order valence-corrected chi connectivity index (χ4v) is 3.43. The Balaban J connectivity index is 1.73. The normalized spacial score (nSPS) is 11.7. The molecule has 1 amide bonds. The summed E-state index contributed by atoms with van der Waals surface area (Å²) >= 11 is 6.23. The van der Waals surface area contributed by atoms with Crippen molar-refractivity contribution >= 4 is 28.8 Å². The molecule has 0 aliphatic heterocycles. The van der Waals surface area contributed by atoms with E-state index >= 15 is 0 Å². The first-order valence-electron chi connectivity index (χ1n) is 9.98. The van der Waals surface area contributed by atoms with E-state index in [2.05, 4.69) is 20.5 Å². The maximum absolute atomic E-state index is 13.1. The summed E-state index contributed by atoms with van der Waals surface area (Å²) in [5, 5.41) is 22.3. The van der Waals surface area contributed by atoms with Crippen molar-refractivity contribution < 1.29 is 14.6 Å². The number of nitrogens with zero attached hydrogens (tertiary/aromatic N) is 5. The van der Waals surface area contributed by atoms with E-state index in [-0.39, 0.29) is 5.91 Å². The molecule has 4 rings (SSSR count). The molecular formula is C22H23ClN6O3. The zero-order valence-corrected chi connectivity index (χ0v) is 18.7. The predicted octanol–water partition coefficient (Wildman–Crippen LogP) is 3.67. The Morgan fingerprint density at radius 3 is 2.91 bits per heavy atom. The van der Waals surface area contributed by atoms with E-state index in [1.165, 1.54) is 10.7 Å². The van der Waals surface area contributed by atoms with Crippen molar-refractivity contribution in [2.75, 3.05) is 12.4 Å². The first-order chi connectivity index (χ1) is 15.2. The number of fused-ring (bicyclic) bond motifs is 1. The third-order valence-electron chi connectivity index (χ3n) is 4.90. The lowest BCUT2D eigenvalue weighted by molar-refractivity contribution is 0.0651. The Morgan fingerprint density at radius 1 is 1.34 bits per heavy atom. The Labute approximate surface area is 189 Å². The van der Waals surface area contributed by atoms with E-state index in [1.807, 2.05) is 0 Å². The maximum Gasteiger partial charge on any atom is 0.261 e. The van der Waals surface area contributed by atoms with Crippen molar-refractivity contribution in [1.29, 1.82) is 0 Å². The van der Waals surface area contributed by atoms with Crippen molar-refractivity contribution in [2.24, 2.45) is 0 Å². The first kappa shape index (κ1) is 21.8. The highest BCUT2D eigenvalue weighted by atomic mass is 35.5. The van der Waals surface area contributed by atoms with Gasteiger partial charge in [-0.3, -0.25) is 9.48 Å². The molecule has 32 heavy (non-hydrogen) atoms. The number of hydrogen-bond acceptors (Lipinski definition) is 6. The fraction of sp³-hybridized carbons (Fsp3) is 0.273. The van der Waals surface area contributed by atoms with Crippen molar-refractivity contribution in [3.05, 3.63) is 59.6 Å². The molecule has 10 heteroatoms. The number of aryl methyl sites for hydroxylation is 1. The molecule has 0 bridgehead atoms. The number of ether oxygens (including phenoxy) is 1. The SMILES string of the molecule is COc1ccc(Cl)cc1-c1nn(CCC(C)(C)O)cc1NC(=O)c1cnn2cccnc12. The van der Waals surface area contributed by atoms with E-state index in [0.717, 1.165) is 0 Å². The minimum Gasteiger partial charge on any atom is -0.496 e. The van der Waals surface area contributed by atoms with Gasteiger partial charge in [0.2, 0.25) is 0 Å². The Hall–Kier alpha value is -3.43. The van der Waals surface area contributed by atoms with Crippen LogP contribution in [-0.2, 0) is 6.54 Å². The molecule has 0 atom stereocenters. The number of carbonyl (C=O) groups is 1. The number of hydrogen-bond donors (Lipinski definition) is 2. The Bertz CT molecular complexity index is 1270. The highest BCUT2D eigenvalue weighted by Gasteiger charge is 2.21. The second-order valence-electron chi connectivity index (χ2n) is 7.96. The molecule has 4 aromatic rings. The number of carbonyl (C=O) groups excluding carboxylic acids is 1. The number of anilines is 1. The summed E-state index contributed by atoms with van der Waals surface area (Å²) in [5.74, 6) is 0.193. The van der Waals surface area contributed by atoms with Crippen LogP contribution in [0.5, 0.6) is 5.75 Å². The third kappa shape index (κ3) is 4.58. The zero-order chi connectivity index (χ0) is 22.9. The Morgan fingerprint density at radius 2 is 2.16 bits per heavy atom. The molecule has 0 aliphatic carbocycles. The third-order valence-corrected chi connectivity index (χ3v) is 5.14. The molecule has 166 valence electrons. The van der Waals surface area contributed by atoms with Crippen LogP contribution in [0.4, 0.5) is 5.69 Å². The van der Waals surface area contributed by atoms with Crippen LogP contribution >= 0.6 is 11.6 Å². The molecule has 2 N–H and O–H groups in total. The molecule has 3 aromatic heterocycles. The standard InChI is InChI=1S/C22H23ClN6O3/c1-22(2,31)7-10-28-13-17(19(27-28)15-11-14(23)5-6-18(15)32-3)26-21(30)16-12-25-29-9-4-8-24-20(16)29/h4-6,8-9,11-13,31H,7,10H2,1-3H3,(H,26,30). The molecule has 9 nitrogen and oxygen atoms in total. The van der Waals surface area contributed by atoms with Gasteiger partial charge in [0.25, 0.3) is 5.91 Å². The summed E-state index contributed by atoms with van der Waals surface area (Å²) in [6, 6.07) is 6.93. The highest BCUT2D eigenvalue weighted by molar-refractivity contribution is 6.31. The molecule has 1 aromatic carbocycles. The minimum atomic E-state index is -0.855. The van der Waals surface area contributed by atoms with Gasteiger partial charge in [0.15, 0.2) is 5.65 Å². The maximum atomic E-state index is 13.1. The summed E-state index contributed by atoms with van der Waals surface area (Å²) < 4.78 is 8.69. The van der Waals surface area contributed by atoms with Gasteiger partial charge in [-0.2, -0.15) is 10.2 Å². The summed E-state index contributed by atoms with van der Waals surface area (Å²) in [6.45, 7) is 3.92. The second-order valence-corrected chi connectivity index (χ2v) is 8.40. The minimum absolute atomic E-state index is 0.332. The summed E-state index contributed by atoms with van der Waals surface area (Å²) in [4.78, 5) is 17.3. The van der Waals surface area contributed by atoms with Crippen LogP contribution in [0.2, 0.25) is 5.02 Å². The number of rotatable bonds is 7. The van der Waals surface area contributed by atoms with Crippen LogP contribution in [0.1, 0.15) is 30.6 Å². The average molecular weight is 455 g/mol. The molecule has 0 aliphatic rings. The van der Waals surface area contributed by atoms with Crippen molar-refractivity contribution in [3.8, 4) is 17.0 Å². The van der Waals surface area contributed by atoms with Crippen molar-refractivity contribution in [2.45, 2.75) is 32.4 Å². The molecule has 0 fully saturated rings. The van der Waals surface area contributed by atoms with Gasteiger partial charge >= 0.3 is 0 Å². The number of amides is 1. The smallest absolute Gasteiger partial charge is 0.261 e. The molecular weight excluding hydrogens is 432 g/mol. The Kier molecular flexibility index (Phi) is 5.86. The van der Waals surface area contributed by atoms with Gasteiger partial charge in [0.05, 0.1) is 24.6 Å². The predicted molar refractivity (Wildman–Crippen MR) is 121 cm³/mol. The van der Waals surface area contributed by atoms with Gasteiger partial charge in [0.1, 0.15) is 17.0 Å². The summed E-state index contributed by atoms with van der Waals surface area (Å²) in [7, 11) is 1.56. The number of aromatic nitrogens is 5. The van der Waals surface area contributed by atoms with E-state index in [4.69, 9.17) is 16.3 Å². The molecule has 0 spiro atoms. The van der Waals surface area contributed by atoms with Crippen LogP contribution < -0.4 is 10.1 Å². The second kappa shape index (κ2) is 8.60. The molecule has 0 unspecified atom stereocenters. The number of aliphatic hydroxyl groups is 1. The van der Waals surface area contributed by atoms with E-state index < -0.39 is 5.60 Å². The summed E-state index contributed by atoms with van der Waals surface area (Å²) in [6.07, 6.45) is 6.99. The van der Waals surface area contributed by atoms with Crippen LogP contribution in [-0.4, -0.2) is 48.1 Å². The molecule has 3 heterocycles. The van der Waals surface area contributed by atoms with E-state index in [1.54, 1.807) is 68.5 Å². The lowest BCUT2D eigenvalue weighted by atomic mass is 10.1. The topological polar surface area (TPSA) is 107 Å². The number of benzene rings is 1. The molecule has 0 radical (unpaired) electrons. The first-order valence-corrected chi connectivity index (χ1v) is 10.4. The van der Waals surface area contributed by atoms with Gasteiger partial charge in [0, 0.05) is 35.7 Å². The van der Waals surface area contributed by atoms with Gasteiger partial charge in [-0.25, -0.2) is 9.50 Å². The van der Waals surface area contributed by atoms with Gasteiger partial charge in [-0.15, -0.1) is 0 Å². The van der Waals surface area contributed by atoms with Crippen molar-refractivity contribution in [3.63, 3.8) is 0 Å². The van der Waals surface area contributed by atoms with E-state index in [9.17, 15) is 9.90 Å². The molecule has 0 saturated carbocycles. The summed E-state index contributed by atoms with van der Waals surface area (Å²) in [5.41, 5.74) is 1.53. The van der Waals surface area contributed by atoms with Crippen LogP contribution in [0.15, 0.2) is 49.1 Å². The zero-order valence-electron chi connectivity index (χ0n) is 17.9. The van der Waals surface area contributed by atoms with Gasteiger partial charge in [-0.05, 0) is 44.5 Å². The lowest BCUT2D eigenvalue weighted by Crippen LogP contribution is -2.21. The number of methoxy groups -OCH3 is 1. The van der Waals surface area contributed by atoms with Gasteiger partial charge in [-0.1, -0.05) is 11.6 Å². The monoisotopic (exact) mass is 454 g/mol. The number of nitrogens with one attached hydrogen (secondary N) is 1. The highest BCUT2D eigenvalue weighted by Crippen LogP contribution is 2.36. The molecule has 0 saturated heterocycles. The lowest BCUT2D eigenvalue weighted by Gasteiger charge is -2.16. The largest absolute Gasteiger partial charge is 0.496 e.